The maximum absolute atomic E-state index is 10.6. The fourth-order valence-corrected chi connectivity index (χ4v) is 1.07. The van der Waals surface area contributed by atoms with Crippen molar-refractivity contribution in [2.75, 3.05) is 6.54 Å². The smallest absolute Gasteiger partial charge is 0.0352 e. The zero-order valence-electron chi connectivity index (χ0n) is 5.53. The van der Waals surface area contributed by atoms with E-state index in [2.05, 4.69) is 0 Å². The van der Waals surface area contributed by atoms with Gasteiger partial charge in [0.15, 0.2) is 0 Å². The monoisotopic (exact) mass is 134 g/mol. The molecule has 1 fully saturated rings. The Morgan fingerprint density at radius 2 is 1.90 bits per heavy atom. The van der Waals surface area contributed by atoms with Gasteiger partial charge >= 0.3 is 0 Å². The van der Waals surface area contributed by atoms with Crippen molar-refractivity contribution >= 4 is 0 Å². The molecule has 0 radical (unpaired) electrons. The summed E-state index contributed by atoms with van der Waals surface area (Å²) in [6.45, 7) is 0.671. The molecule has 1 heterocycles. The van der Waals surface area contributed by atoms with Crippen LogP contribution in [0.2, 0.25) is 0 Å². The summed E-state index contributed by atoms with van der Waals surface area (Å²) in [4.78, 5) is 0. The van der Waals surface area contributed by atoms with Gasteiger partial charge in [0.2, 0.25) is 0 Å². The van der Waals surface area contributed by atoms with E-state index in [1.165, 1.54) is 0 Å². The van der Waals surface area contributed by atoms with Crippen molar-refractivity contribution in [2.24, 2.45) is 0 Å². The Bertz CT molecular complexity index is 222. The lowest BCUT2D eigenvalue weighted by Crippen LogP contribution is -1.83. The average Bonchev–Trinajstić information content (AvgIpc) is 2.69. The first-order chi connectivity index (χ1) is 4.88. The van der Waals surface area contributed by atoms with Crippen LogP contribution in [0.3, 0.4) is 0 Å². The van der Waals surface area contributed by atoms with Crippen LogP contribution in [0.1, 0.15) is 11.6 Å². The summed E-state index contributed by atoms with van der Waals surface area (Å²) >= 11 is 0. The van der Waals surface area contributed by atoms with Crippen LogP contribution in [0.5, 0.6) is 0 Å². The van der Waals surface area contributed by atoms with Gasteiger partial charge in [-0.2, -0.15) is 0 Å². The Labute approximate surface area is 59.7 Å². The molecule has 2 heteroatoms. The summed E-state index contributed by atoms with van der Waals surface area (Å²) in [6, 6.07) is 10.0. The number of rotatable bonds is 1. The third-order valence-electron chi connectivity index (χ3n) is 1.75. The lowest BCUT2D eigenvalue weighted by Gasteiger charge is -2.04. The second kappa shape index (κ2) is 2.08. The molecule has 10 heavy (non-hydrogen) atoms. The molecule has 2 atom stereocenters. The maximum Gasteiger partial charge on any atom is 0.0352 e. The molecule has 2 unspecified atom stereocenters. The van der Waals surface area contributed by atoms with Crippen molar-refractivity contribution in [1.29, 1.82) is 0 Å². The van der Waals surface area contributed by atoms with Gasteiger partial charge in [-0.15, -0.1) is 0 Å². The quantitative estimate of drug-likeness (QED) is 0.544. The zero-order chi connectivity index (χ0) is 6.97. The molecule has 0 spiro atoms. The van der Waals surface area contributed by atoms with Crippen molar-refractivity contribution in [3.8, 4) is 0 Å². The van der Waals surface area contributed by atoms with Gasteiger partial charge in [-0.3, -0.25) is 0 Å². The van der Waals surface area contributed by atoms with Crippen molar-refractivity contribution in [3.05, 3.63) is 41.1 Å². The predicted molar refractivity (Wildman–Crippen MR) is 39.3 cm³/mol. The fourth-order valence-electron chi connectivity index (χ4n) is 1.07. The molecule has 0 bridgehead atoms. The van der Waals surface area contributed by atoms with Crippen LogP contribution >= 0.6 is 0 Å². The standard InChI is InChI=1S/C8H8NO/c10-9-6-8(9)7-4-2-1-3-5-7/h1-5,8H,6H2/q-1. The molecule has 1 saturated heterocycles. The Kier molecular flexibility index (Phi) is 1.22. The van der Waals surface area contributed by atoms with Gasteiger partial charge < -0.3 is 10.3 Å². The van der Waals surface area contributed by atoms with Gasteiger partial charge in [0.25, 0.3) is 0 Å². The summed E-state index contributed by atoms with van der Waals surface area (Å²) in [5.41, 5.74) is 1.14. The fraction of sp³-hybridized carbons (Fsp3) is 0.250. The molecule has 0 N–H and O–H groups in total. The molecule has 0 aliphatic carbocycles. The molecule has 52 valence electrons. The lowest BCUT2D eigenvalue weighted by atomic mass is 10.2. The molecule has 2 nitrogen and oxygen atoms in total. The summed E-state index contributed by atoms with van der Waals surface area (Å²) in [5, 5.41) is 11.7. The molecule has 2 rings (SSSR count). The van der Waals surface area contributed by atoms with Crippen LogP contribution in [0.25, 0.3) is 0 Å². The minimum atomic E-state index is 0.154. The molecule has 1 aromatic rings. The minimum absolute atomic E-state index is 0.154. The second-order valence-corrected chi connectivity index (χ2v) is 2.53. The number of hydrogen-bond donors (Lipinski definition) is 0. The van der Waals surface area contributed by atoms with E-state index >= 15 is 0 Å². The molecule has 1 aliphatic heterocycles. The summed E-state index contributed by atoms with van der Waals surface area (Å²) in [7, 11) is 0. The largest absolute Gasteiger partial charge is 0.785 e. The van der Waals surface area contributed by atoms with E-state index in [0.29, 0.717) is 6.54 Å². The Balaban J connectivity index is 2.20. The normalized spacial score (nSPS) is 30.1. The van der Waals surface area contributed by atoms with E-state index in [0.717, 1.165) is 10.6 Å². The van der Waals surface area contributed by atoms with Crippen LogP contribution in [0.4, 0.5) is 0 Å². The highest BCUT2D eigenvalue weighted by atomic mass is 16.5. The highest BCUT2D eigenvalue weighted by molar-refractivity contribution is 5.23. The third-order valence-corrected chi connectivity index (χ3v) is 1.75. The van der Waals surface area contributed by atoms with Gasteiger partial charge in [0.1, 0.15) is 0 Å². The molecular formula is C8H8NO-. The maximum atomic E-state index is 10.6. The second-order valence-electron chi connectivity index (χ2n) is 2.53. The van der Waals surface area contributed by atoms with Gasteiger partial charge in [-0.05, 0) is 5.56 Å². The Hall–Kier alpha value is -0.860. The minimum Gasteiger partial charge on any atom is -0.785 e. The van der Waals surface area contributed by atoms with E-state index < -0.39 is 0 Å². The summed E-state index contributed by atoms with van der Waals surface area (Å²) in [6.07, 6.45) is 0. The molecule has 1 aliphatic rings. The van der Waals surface area contributed by atoms with Crippen LogP contribution in [-0.4, -0.2) is 11.6 Å². The van der Waals surface area contributed by atoms with E-state index in [9.17, 15) is 5.21 Å². The van der Waals surface area contributed by atoms with Crippen LogP contribution in [0, 0.1) is 5.21 Å². The Morgan fingerprint density at radius 3 is 2.40 bits per heavy atom. The molecule has 0 aromatic heterocycles. The van der Waals surface area contributed by atoms with Crippen molar-refractivity contribution in [3.63, 3.8) is 0 Å². The SMILES string of the molecule is [O-]N1CC1c1ccccc1. The van der Waals surface area contributed by atoms with Crippen molar-refractivity contribution < 1.29 is 0 Å². The van der Waals surface area contributed by atoms with Gasteiger partial charge in [0.05, 0.1) is 0 Å². The van der Waals surface area contributed by atoms with E-state index in [1.807, 2.05) is 30.3 Å². The first-order valence-electron chi connectivity index (χ1n) is 3.36. The average molecular weight is 134 g/mol. The number of benzene rings is 1. The van der Waals surface area contributed by atoms with E-state index in [4.69, 9.17) is 0 Å². The predicted octanol–water partition coefficient (Wildman–Crippen LogP) is 1.54. The first-order valence-corrected chi connectivity index (χ1v) is 3.36. The molecular weight excluding hydrogens is 126 g/mol. The summed E-state index contributed by atoms with van der Waals surface area (Å²) in [5.74, 6) is 0. The third kappa shape index (κ3) is 0.916. The first kappa shape index (κ1) is 5.89. The molecule has 1 aromatic carbocycles. The van der Waals surface area contributed by atoms with Crippen LogP contribution < -0.4 is 0 Å². The number of hydroxylamine groups is 2. The van der Waals surface area contributed by atoms with Crippen molar-refractivity contribution in [2.45, 2.75) is 6.04 Å². The zero-order valence-corrected chi connectivity index (χ0v) is 5.53. The Morgan fingerprint density at radius 1 is 1.30 bits per heavy atom. The lowest BCUT2D eigenvalue weighted by molar-refractivity contribution is 0.700. The number of hydrogen-bond acceptors (Lipinski definition) is 2. The summed E-state index contributed by atoms with van der Waals surface area (Å²) < 4.78 is 0. The van der Waals surface area contributed by atoms with E-state index in [-0.39, 0.29) is 6.04 Å². The van der Waals surface area contributed by atoms with Crippen LogP contribution in [0.15, 0.2) is 30.3 Å². The van der Waals surface area contributed by atoms with E-state index in [1.54, 1.807) is 0 Å². The van der Waals surface area contributed by atoms with Crippen LogP contribution in [-0.2, 0) is 0 Å². The molecule has 0 amide bonds. The van der Waals surface area contributed by atoms with Gasteiger partial charge in [-0.25, -0.2) is 0 Å². The highest BCUT2D eigenvalue weighted by Gasteiger charge is 2.25. The van der Waals surface area contributed by atoms with Gasteiger partial charge in [-0.1, -0.05) is 30.3 Å². The topological polar surface area (TPSA) is 26.1 Å². The number of nitrogens with zero attached hydrogens (tertiary/aromatic N) is 1. The van der Waals surface area contributed by atoms with Crippen molar-refractivity contribution in [1.82, 2.24) is 5.06 Å². The molecule has 0 saturated carbocycles. The highest BCUT2D eigenvalue weighted by Crippen LogP contribution is 2.32. The van der Waals surface area contributed by atoms with Gasteiger partial charge in [0, 0.05) is 12.6 Å².